The molecule has 2 atom stereocenters. The van der Waals surface area contributed by atoms with Crippen LogP contribution in [0.15, 0.2) is 18.2 Å². The predicted octanol–water partition coefficient (Wildman–Crippen LogP) is 1.21. The number of imide groups is 1. The molecule has 1 aliphatic rings. The Balaban J connectivity index is 2.12. The van der Waals surface area contributed by atoms with Crippen LogP contribution in [0.4, 0.5) is 0 Å². The number of aliphatic carboxylic acids is 1. The molecule has 0 aromatic heterocycles. The van der Waals surface area contributed by atoms with Gasteiger partial charge in [0.15, 0.2) is 0 Å². The van der Waals surface area contributed by atoms with Crippen molar-refractivity contribution in [3.63, 3.8) is 0 Å². The first kappa shape index (κ1) is 17.7. The Morgan fingerprint density at radius 2 is 1.83 bits per heavy atom. The summed E-state index contributed by atoms with van der Waals surface area (Å²) in [5.41, 5.74) is 1.36. The highest BCUT2D eigenvalue weighted by Crippen LogP contribution is 2.23. The number of nitrogens with one attached hydrogen (secondary N) is 1. The van der Waals surface area contributed by atoms with Crippen LogP contribution in [0.5, 0.6) is 0 Å². The first-order valence-electron chi connectivity index (χ1n) is 7.75. The second-order valence-electron chi connectivity index (χ2n) is 6.01. The molecule has 0 bridgehead atoms. The van der Waals surface area contributed by atoms with E-state index in [0.717, 1.165) is 10.5 Å². The maximum atomic E-state index is 12.3. The number of carbonyl (C=O) groups excluding carboxylic acids is 3. The van der Waals surface area contributed by atoms with Gasteiger partial charge in [-0.3, -0.25) is 19.3 Å². The number of rotatable bonds is 6. The number of aryl methyl sites for hydroxylation is 1. The average molecular weight is 332 g/mol. The molecule has 1 heterocycles. The molecule has 1 aromatic rings. The van der Waals surface area contributed by atoms with E-state index in [1.54, 1.807) is 32.0 Å². The summed E-state index contributed by atoms with van der Waals surface area (Å²) >= 11 is 0. The molecule has 0 radical (unpaired) electrons. The molecule has 2 unspecified atom stereocenters. The minimum Gasteiger partial charge on any atom is -0.480 e. The second kappa shape index (κ2) is 6.82. The van der Waals surface area contributed by atoms with Gasteiger partial charge >= 0.3 is 5.97 Å². The van der Waals surface area contributed by atoms with Crippen molar-refractivity contribution in [2.75, 3.05) is 6.54 Å². The fraction of sp³-hybridized carbons (Fsp3) is 0.412. The largest absolute Gasteiger partial charge is 0.480 e. The summed E-state index contributed by atoms with van der Waals surface area (Å²) in [4.78, 5) is 48.8. The van der Waals surface area contributed by atoms with Gasteiger partial charge in [0, 0.05) is 0 Å². The molecule has 1 aromatic carbocycles. The number of fused-ring (bicyclic) bond motifs is 1. The molecule has 24 heavy (non-hydrogen) atoms. The van der Waals surface area contributed by atoms with Crippen molar-refractivity contribution in [1.82, 2.24) is 10.2 Å². The lowest BCUT2D eigenvalue weighted by Crippen LogP contribution is -2.49. The number of carboxylic acid groups (broad SMARTS) is 1. The first-order chi connectivity index (χ1) is 11.3. The Morgan fingerprint density at radius 1 is 1.21 bits per heavy atom. The normalized spacial score (nSPS) is 15.9. The smallest absolute Gasteiger partial charge is 0.326 e. The fourth-order valence-electron chi connectivity index (χ4n) is 2.59. The lowest BCUT2D eigenvalue weighted by molar-refractivity contribution is -0.143. The zero-order chi connectivity index (χ0) is 18.0. The molecule has 3 amide bonds. The van der Waals surface area contributed by atoms with Crippen LogP contribution in [-0.2, 0) is 9.59 Å². The Hall–Kier alpha value is -2.70. The van der Waals surface area contributed by atoms with E-state index < -0.39 is 36.3 Å². The van der Waals surface area contributed by atoms with Crippen molar-refractivity contribution in [1.29, 1.82) is 0 Å². The highest BCUT2D eigenvalue weighted by atomic mass is 16.4. The van der Waals surface area contributed by atoms with E-state index in [1.165, 1.54) is 0 Å². The predicted molar refractivity (Wildman–Crippen MR) is 85.6 cm³/mol. The number of carboxylic acids is 1. The highest BCUT2D eigenvalue weighted by molar-refractivity contribution is 6.22. The van der Waals surface area contributed by atoms with Gasteiger partial charge in [-0.05, 0) is 25.0 Å². The van der Waals surface area contributed by atoms with Gasteiger partial charge in [-0.15, -0.1) is 0 Å². The first-order valence-corrected chi connectivity index (χ1v) is 7.75. The monoisotopic (exact) mass is 332 g/mol. The molecule has 0 spiro atoms. The van der Waals surface area contributed by atoms with E-state index in [-0.39, 0.29) is 17.0 Å². The molecule has 2 rings (SSSR count). The maximum absolute atomic E-state index is 12.3. The molecule has 0 saturated carbocycles. The van der Waals surface area contributed by atoms with Crippen molar-refractivity contribution < 1.29 is 24.3 Å². The zero-order valence-corrected chi connectivity index (χ0v) is 13.8. The lowest BCUT2D eigenvalue weighted by Gasteiger charge is -2.21. The Morgan fingerprint density at radius 3 is 2.42 bits per heavy atom. The number of benzene rings is 1. The van der Waals surface area contributed by atoms with E-state index >= 15 is 0 Å². The van der Waals surface area contributed by atoms with Crippen LogP contribution in [0.25, 0.3) is 0 Å². The zero-order valence-electron chi connectivity index (χ0n) is 13.8. The molecule has 2 N–H and O–H groups in total. The highest BCUT2D eigenvalue weighted by Gasteiger charge is 2.37. The number of nitrogens with zero attached hydrogens (tertiary/aromatic N) is 1. The fourth-order valence-corrected chi connectivity index (χ4v) is 2.59. The van der Waals surface area contributed by atoms with Crippen LogP contribution in [0, 0.1) is 12.8 Å². The average Bonchev–Trinajstić information content (AvgIpc) is 2.76. The minimum absolute atomic E-state index is 0.259. The summed E-state index contributed by atoms with van der Waals surface area (Å²) in [6.07, 6.45) is 0.573. The van der Waals surface area contributed by atoms with Crippen molar-refractivity contribution in [2.24, 2.45) is 5.92 Å². The second-order valence-corrected chi connectivity index (χ2v) is 6.01. The van der Waals surface area contributed by atoms with Gasteiger partial charge in [-0.25, -0.2) is 4.79 Å². The van der Waals surface area contributed by atoms with E-state index in [2.05, 4.69) is 5.32 Å². The van der Waals surface area contributed by atoms with E-state index in [0.29, 0.717) is 6.42 Å². The molecule has 0 fully saturated rings. The molecule has 7 heteroatoms. The van der Waals surface area contributed by atoms with Gasteiger partial charge in [0.2, 0.25) is 5.91 Å². The molecule has 128 valence electrons. The van der Waals surface area contributed by atoms with Crippen LogP contribution in [0.3, 0.4) is 0 Å². The molecule has 0 saturated heterocycles. The van der Waals surface area contributed by atoms with Crippen LogP contribution in [0.2, 0.25) is 0 Å². The van der Waals surface area contributed by atoms with Crippen molar-refractivity contribution in [2.45, 2.75) is 33.2 Å². The summed E-state index contributed by atoms with van der Waals surface area (Å²) < 4.78 is 0. The molecular weight excluding hydrogens is 312 g/mol. The number of hydrogen-bond donors (Lipinski definition) is 2. The van der Waals surface area contributed by atoms with Crippen LogP contribution < -0.4 is 5.32 Å². The van der Waals surface area contributed by atoms with Crippen LogP contribution >= 0.6 is 0 Å². The topological polar surface area (TPSA) is 104 Å². The lowest BCUT2D eigenvalue weighted by atomic mass is 9.99. The van der Waals surface area contributed by atoms with Gasteiger partial charge < -0.3 is 10.4 Å². The standard InChI is InChI=1S/C17H20N2O5/c1-4-10(3)14(17(23)24)18-13(20)8-19-15(21)11-6-5-9(2)7-12(11)16(19)22/h5-7,10,14H,4,8H2,1-3H3,(H,18,20)(H,23,24). The maximum Gasteiger partial charge on any atom is 0.326 e. The summed E-state index contributed by atoms with van der Waals surface area (Å²) in [5, 5.41) is 11.6. The number of amides is 3. The van der Waals surface area contributed by atoms with Crippen LogP contribution in [-0.4, -0.2) is 46.3 Å². The Bertz CT molecular complexity index is 713. The third kappa shape index (κ3) is 3.29. The van der Waals surface area contributed by atoms with E-state index in [9.17, 15) is 24.3 Å². The summed E-state index contributed by atoms with van der Waals surface area (Å²) in [7, 11) is 0. The Labute approximate surface area is 139 Å². The van der Waals surface area contributed by atoms with Gasteiger partial charge in [0.1, 0.15) is 12.6 Å². The Kier molecular flexibility index (Phi) is 5.02. The van der Waals surface area contributed by atoms with Crippen molar-refractivity contribution in [3.05, 3.63) is 34.9 Å². The number of carbonyl (C=O) groups is 4. The van der Waals surface area contributed by atoms with Gasteiger partial charge in [-0.2, -0.15) is 0 Å². The quantitative estimate of drug-likeness (QED) is 0.762. The van der Waals surface area contributed by atoms with Crippen LogP contribution in [0.1, 0.15) is 46.5 Å². The summed E-state index contributed by atoms with van der Waals surface area (Å²) in [5.74, 6) is -3.16. The molecule has 7 nitrogen and oxygen atoms in total. The number of hydrogen-bond acceptors (Lipinski definition) is 4. The van der Waals surface area contributed by atoms with Crippen molar-refractivity contribution >= 4 is 23.7 Å². The molecule has 1 aliphatic heterocycles. The van der Waals surface area contributed by atoms with E-state index in [4.69, 9.17) is 0 Å². The molecule has 0 aliphatic carbocycles. The minimum atomic E-state index is -1.14. The van der Waals surface area contributed by atoms with Crippen molar-refractivity contribution in [3.8, 4) is 0 Å². The third-order valence-electron chi connectivity index (χ3n) is 4.22. The van der Waals surface area contributed by atoms with Gasteiger partial charge in [0.05, 0.1) is 11.1 Å². The van der Waals surface area contributed by atoms with E-state index in [1.807, 2.05) is 6.92 Å². The van der Waals surface area contributed by atoms with Gasteiger partial charge in [-0.1, -0.05) is 31.9 Å². The third-order valence-corrected chi connectivity index (χ3v) is 4.22. The SMILES string of the molecule is CCC(C)C(NC(=O)CN1C(=O)c2ccc(C)cc2C1=O)C(=O)O. The molecular formula is C17H20N2O5. The summed E-state index contributed by atoms with van der Waals surface area (Å²) in [6, 6.07) is 3.83. The van der Waals surface area contributed by atoms with Gasteiger partial charge in [0.25, 0.3) is 11.8 Å². The summed E-state index contributed by atoms with van der Waals surface area (Å²) in [6.45, 7) is 4.84.